The van der Waals surface area contributed by atoms with E-state index >= 15 is 0 Å². The third-order valence-corrected chi connectivity index (χ3v) is 3.82. The molecular weight excluding hydrogens is 312 g/mol. The van der Waals surface area contributed by atoms with Crippen molar-refractivity contribution in [3.05, 3.63) is 59.6 Å². The molecule has 116 valence electrons. The summed E-state index contributed by atoms with van der Waals surface area (Å²) in [6.45, 7) is 2.05. The van der Waals surface area contributed by atoms with Crippen molar-refractivity contribution in [2.24, 2.45) is 0 Å². The number of rotatable bonds is 3. The molecule has 1 aliphatic heterocycles. The molecule has 2 heterocycles. The highest BCUT2D eigenvalue weighted by Gasteiger charge is 2.34. The van der Waals surface area contributed by atoms with Crippen LogP contribution >= 0.6 is 12.2 Å². The zero-order chi connectivity index (χ0) is 16.4. The zero-order valence-electron chi connectivity index (χ0n) is 12.4. The maximum absolute atomic E-state index is 12.7. The standard InChI is InChI=1S/C17H14N2O3S/c1-2-11-5-7-12(8-6-11)19-16(21)14(15(20)18-17(19)23)10-13-4-3-9-22-13/h3-10H,2H2,1H3,(H,18,20,23)/b14-10+. The Morgan fingerprint density at radius 3 is 2.57 bits per heavy atom. The summed E-state index contributed by atoms with van der Waals surface area (Å²) in [5, 5.41) is 2.61. The zero-order valence-corrected chi connectivity index (χ0v) is 13.2. The van der Waals surface area contributed by atoms with Gasteiger partial charge in [0.05, 0.1) is 12.0 Å². The van der Waals surface area contributed by atoms with Gasteiger partial charge in [0.15, 0.2) is 5.11 Å². The molecule has 0 saturated carbocycles. The van der Waals surface area contributed by atoms with Gasteiger partial charge in [-0.3, -0.25) is 19.8 Å². The van der Waals surface area contributed by atoms with Crippen LogP contribution in [0, 0.1) is 0 Å². The Morgan fingerprint density at radius 2 is 1.96 bits per heavy atom. The third-order valence-electron chi connectivity index (χ3n) is 3.53. The molecular formula is C17H14N2O3S. The van der Waals surface area contributed by atoms with Crippen LogP contribution in [0.4, 0.5) is 5.69 Å². The molecule has 0 unspecified atom stereocenters. The summed E-state index contributed by atoms with van der Waals surface area (Å²) in [6.07, 6.45) is 3.79. The van der Waals surface area contributed by atoms with E-state index in [1.807, 2.05) is 24.3 Å². The maximum Gasteiger partial charge on any atom is 0.270 e. The highest BCUT2D eigenvalue weighted by Crippen LogP contribution is 2.22. The Balaban J connectivity index is 1.98. The number of hydrogen-bond acceptors (Lipinski definition) is 4. The maximum atomic E-state index is 12.7. The Bertz CT molecular complexity index is 792. The van der Waals surface area contributed by atoms with E-state index in [2.05, 4.69) is 12.2 Å². The molecule has 1 saturated heterocycles. The minimum absolute atomic E-state index is 0.0203. The molecule has 1 aromatic carbocycles. The Morgan fingerprint density at radius 1 is 1.22 bits per heavy atom. The molecule has 1 aromatic heterocycles. The van der Waals surface area contributed by atoms with Crippen molar-refractivity contribution in [3.8, 4) is 0 Å². The molecule has 2 amide bonds. The molecule has 0 atom stereocenters. The Hall–Kier alpha value is -2.73. The van der Waals surface area contributed by atoms with Crippen molar-refractivity contribution in [2.45, 2.75) is 13.3 Å². The Labute approximate surface area is 138 Å². The van der Waals surface area contributed by atoms with Crippen LogP contribution < -0.4 is 10.2 Å². The van der Waals surface area contributed by atoms with Crippen molar-refractivity contribution in [3.63, 3.8) is 0 Å². The van der Waals surface area contributed by atoms with Crippen LogP contribution in [0.25, 0.3) is 6.08 Å². The third kappa shape index (κ3) is 2.93. The van der Waals surface area contributed by atoms with Crippen LogP contribution in [-0.2, 0) is 16.0 Å². The second-order valence-electron chi connectivity index (χ2n) is 4.99. The van der Waals surface area contributed by atoms with Gasteiger partial charge in [-0.2, -0.15) is 0 Å². The second-order valence-corrected chi connectivity index (χ2v) is 5.38. The number of nitrogens with one attached hydrogen (secondary N) is 1. The molecule has 6 heteroatoms. The lowest BCUT2D eigenvalue weighted by Crippen LogP contribution is -2.54. The minimum atomic E-state index is -0.530. The first kappa shape index (κ1) is 15.2. The number of hydrogen-bond donors (Lipinski definition) is 1. The van der Waals surface area contributed by atoms with Crippen LogP contribution in [0.5, 0.6) is 0 Å². The van der Waals surface area contributed by atoms with E-state index in [9.17, 15) is 9.59 Å². The molecule has 0 radical (unpaired) electrons. The summed E-state index contributed by atoms with van der Waals surface area (Å²) in [5.74, 6) is -0.574. The summed E-state index contributed by atoms with van der Waals surface area (Å²) in [5.41, 5.74) is 1.75. The van der Waals surface area contributed by atoms with Crippen molar-refractivity contribution >= 4 is 40.9 Å². The van der Waals surface area contributed by atoms with Crippen LogP contribution in [0.2, 0.25) is 0 Å². The summed E-state index contributed by atoms with van der Waals surface area (Å²) in [7, 11) is 0. The summed E-state index contributed by atoms with van der Waals surface area (Å²) in [6, 6.07) is 10.8. The topological polar surface area (TPSA) is 62.6 Å². The first-order valence-corrected chi connectivity index (χ1v) is 7.55. The van der Waals surface area contributed by atoms with Crippen molar-refractivity contribution in [1.82, 2.24) is 5.32 Å². The summed E-state index contributed by atoms with van der Waals surface area (Å²) >= 11 is 5.15. The van der Waals surface area contributed by atoms with Gasteiger partial charge in [0.25, 0.3) is 11.8 Å². The van der Waals surface area contributed by atoms with Gasteiger partial charge in [0.2, 0.25) is 0 Å². The largest absolute Gasteiger partial charge is 0.465 e. The molecule has 2 aromatic rings. The van der Waals surface area contributed by atoms with E-state index in [4.69, 9.17) is 16.6 Å². The number of carbonyl (C=O) groups excluding carboxylic acids is 2. The quantitative estimate of drug-likeness (QED) is 0.535. The summed E-state index contributed by atoms with van der Waals surface area (Å²) in [4.78, 5) is 26.1. The van der Waals surface area contributed by atoms with Gasteiger partial charge in [-0.15, -0.1) is 0 Å². The molecule has 1 aliphatic rings. The van der Waals surface area contributed by atoms with E-state index in [1.165, 1.54) is 17.2 Å². The second kappa shape index (κ2) is 6.18. The SMILES string of the molecule is CCc1ccc(N2C(=O)/C(=C/c3ccco3)C(=O)NC2=S)cc1. The predicted octanol–water partition coefficient (Wildman–Crippen LogP) is 2.67. The average molecular weight is 326 g/mol. The Kier molecular flexibility index (Phi) is 4.08. The smallest absolute Gasteiger partial charge is 0.270 e. The van der Waals surface area contributed by atoms with Crippen LogP contribution in [0.15, 0.2) is 52.7 Å². The van der Waals surface area contributed by atoms with Gasteiger partial charge in [-0.1, -0.05) is 19.1 Å². The lowest BCUT2D eigenvalue weighted by Gasteiger charge is -2.28. The molecule has 5 nitrogen and oxygen atoms in total. The lowest BCUT2D eigenvalue weighted by atomic mass is 10.1. The van der Waals surface area contributed by atoms with E-state index in [1.54, 1.807) is 12.1 Å². The molecule has 0 aliphatic carbocycles. The molecule has 3 rings (SSSR count). The molecule has 0 bridgehead atoms. The van der Waals surface area contributed by atoms with E-state index in [0.29, 0.717) is 11.4 Å². The van der Waals surface area contributed by atoms with Crippen LogP contribution in [-0.4, -0.2) is 16.9 Å². The first-order valence-electron chi connectivity index (χ1n) is 7.14. The average Bonchev–Trinajstić information content (AvgIpc) is 3.05. The fourth-order valence-electron chi connectivity index (χ4n) is 2.29. The van der Waals surface area contributed by atoms with E-state index in [-0.39, 0.29) is 10.7 Å². The summed E-state index contributed by atoms with van der Waals surface area (Å²) < 4.78 is 5.17. The van der Waals surface area contributed by atoms with Crippen molar-refractivity contribution < 1.29 is 14.0 Å². The highest BCUT2D eigenvalue weighted by atomic mass is 32.1. The molecule has 0 spiro atoms. The van der Waals surface area contributed by atoms with Gasteiger partial charge in [-0.05, 0) is 54.5 Å². The van der Waals surface area contributed by atoms with Crippen LogP contribution in [0.3, 0.4) is 0 Å². The molecule has 1 N–H and O–H groups in total. The number of benzene rings is 1. The van der Waals surface area contributed by atoms with E-state index in [0.717, 1.165) is 12.0 Å². The minimum Gasteiger partial charge on any atom is -0.465 e. The van der Waals surface area contributed by atoms with Crippen molar-refractivity contribution in [2.75, 3.05) is 4.90 Å². The van der Waals surface area contributed by atoms with Gasteiger partial charge in [0.1, 0.15) is 11.3 Å². The fraction of sp³-hybridized carbons (Fsp3) is 0.118. The molecule has 1 fully saturated rings. The normalized spacial score (nSPS) is 16.8. The van der Waals surface area contributed by atoms with Crippen LogP contribution in [0.1, 0.15) is 18.2 Å². The number of amides is 2. The number of carbonyl (C=O) groups is 2. The monoisotopic (exact) mass is 326 g/mol. The number of aryl methyl sites for hydroxylation is 1. The molecule has 23 heavy (non-hydrogen) atoms. The van der Waals surface area contributed by atoms with Crippen molar-refractivity contribution in [1.29, 1.82) is 0 Å². The number of anilines is 1. The first-order chi connectivity index (χ1) is 11.1. The predicted molar refractivity (Wildman–Crippen MR) is 90.7 cm³/mol. The number of thiocarbonyl (C=S) groups is 1. The lowest BCUT2D eigenvalue weighted by molar-refractivity contribution is -0.122. The van der Waals surface area contributed by atoms with Gasteiger partial charge < -0.3 is 4.42 Å². The van der Waals surface area contributed by atoms with Gasteiger partial charge in [-0.25, -0.2) is 0 Å². The fourth-order valence-corrected chi connectivity index (χ4v) is 2.57. The highest BCUT2D eigenvalue weighted by molar-refractivity contribution is 7.80. The number of furan rings is 1. The van der Waals surface area contributed by atoms with E-state index < -0.39 is 11.8 Å². The van der Waals surface area contributed by atoms with Gasteiger partial charge >= 0.3 is 0 Å². The number of nitrogens with zero attached hydrogens (tertiary/aromatic N) is 1. The van der Waals surface area contributed by atoms with Gasteiger partial charge in [0, 0.05) is 0 Å².